The lowest BCUT2D eigenvalue weighted by Crippen LogP contribution is -2.11. The molecule has 15 heavy (non-hydrogen) atoms. The first-order valence-corrected chi connectivity index (χ1v) is 6.64. The minimum Gasteiger partial charge on any atom is -0.381 e. The predicted octanol–water partition coefficient (Wildman–Crippen LogP) is 2.31. The largest absolute Gasteiger partial charge is 0.381 e. The molecule has 1 saturated heterocycles. The van der Waals surface area contributed by atoms with Gasteiger partial charge >= 0.3 is 0 Å². The predicted molar refractivity (Wildman–Crippen MR) is 64.4 cm³/mol. The van der Waals surface area contributed by atoms with Gasteiger partial charge in [0.15, 0.2) is 0 Å². The van der Waals surface area contributed by atoms with Crippen molar-refractivity contribution in [2.75, 3.05) is 26.3 Å². The molecule has 1 unspecified atom stereocenters. The van der Waals surface area contributed by atoms with Crippen molar-refractivity contribution >= 4 is 11.3 Å². The van der Waals surface area contributed by atoms with E-state index in [1.807, 2.05) is 11.3 Å². The van der Waals surface area contributed by atoms with Crippen LogP contribution in [0.25, 0.3) is 0 Å². The van der Waals surface area contributed by atoms with Gasteiger partial charge in [0.25, 0.3) is 0 Å². The summed E-state index contributed by atoms with van der Waals surface area (Å²) in [5, 5.41) is 5.51. The van der Waals surface area contributed by atoms with Gasteiger partial charge in [-0.25, -0.2) is 0 Å². The summed E-state index contributed by atoms with van der Waals surface area (Å²) in [6.45, 7) is 4.19. The Bertz CT molecular complexity index is 255. The van der Waals surface area contributed by atoms with E-state index in [1.165, 1.54) is 30.8 Å². The van der Waals surface area contributed by atoms with E-state index in [-0.39, 0.29) is 0 Å². The molecule has 1 aromatic rings. The molecule has 0 amide bonds. The summed E-state index contributed by atoms with van der Waals surface area (Å²) in [5.41, 5.74) is 0. The summed E-state index contributed by atoms with van der Waals surface area (Å²) in [4.78, 5) is 1.43. The number of hydrogen-bond acceptors (Lipinski definition) is 3. The van der Waals surface area contributed by atoms with Gasteiger partial charge < -0.3 is 10.1 Å². The van der Waals surface area contributed by atoms with Gasteiger partial charge in [-0.15, -0.1) is 11.3 Å². The maximum absolute atomic E-state index is 5.65. The average Bonchev–Trinajstić information content (AvgIpc) is 2.88. The zero-order valence-electron chi connectivity index (χ0n) is 9.08. The first kappa shape index (κ1) is 11.1. The molecule has 84 valence electrons. The van der Waals surface area contributed by atoms with Crippen molar-refractivity contribution in [3.05, 3.63) is 22.4 Å². The molecule has 1 fully saturated rings. The fourth-order valence-corrected chi connectivity index (χ4v) is 2.63. The van der Waals surface area contributed by atoms with Gasteiger partial charge in [-0.05, 0) is 43.3 Å². The summed E-state index contributed by atoms with van der Waals surface area (Å²) in [7, 11) is 0. The molecule has 2 nitrogen and oxygen atoms in total. The lowest BCUT2D eigenvalue weighted by molar-refractivity contribution is 0.125. The third-order valence-corrected chi connectivity index (χ3v) is 3.84. The SMILES string of the molecule is c1csc(CCOCCC2CCNC2)c1. The van der Waals surface area contributed by atoms with Crippen LogP contribution in [0.3, 0.4) is 0 Å². The Balaban J connectivity index is 1.48. The van der Waals surface area contributed by atoms with E-state index in [4.69, 9.17) is 4.74 Å². The molecule has 0 saturated carbocycles. The van der Waals surface area contributed by atoms with Crippen LogP contribution in [0.4, 0.5) is 0 Å². The van der Waals surface area contributed by atoms with Crippen LogP contribution in [0.5, 0.6) is 0 Å². The normalized spacial score (nSPS) is 20.9. The fourth-order valence-electron chi connectivity index (χ4n) is 1.94. The molecule has 0 spiro atoms. The first-order valence-electron chi connectivity index (χ1n) is 5.76. The van der Waals surface area contributed by atoms with Crippen LogP contribution < -0.4 is 5.32 Å². The summed E-state index contributed by atoms with van der Waals surface area (Å²) in [5.74, 6) is 0.853. The van der Waals surface area contributed by atoms with Gasteiger partial charge in [-0.1, -0.05) is 6.07 Å². The third kappa shape index (κ3) is 3.93. The lowest BCUT2D eigenvalue weighted by Gasteiger charge is -2.08. The van der Waals surface area contributed by atoms with E-state index >= 15 is 0 Å². The molecular formula is C12H19NOS. The Morgan fingerprint density at radius 3 is 3.20 bits per heavy atom. The van der Waals surface area contributed by atoms with Crippen LogP contribution in [-0.4, -0.2) is 26.3 Å². The van der Waals surface area contributed by atoms with E-state index in [9.17, 15) is 0 Å². The third-order valence-electron chi connectivity index (χ3n) is 2.91. The number of thiophene rings is 1. The van der Waals surface area contributed by atoms with Gasteiger partial charge in [-0.3, -0.25) is 0 Å². The topological polar surface area (TPSA) is 21.3 Å². The Morgan fingerprint density at radius 2 is 2.47 bits per heavy atom. The van der Waals surface area contributed by atoms with Crippen LogP contribution in [0, 0.1) is 5.92 Å². The monoisotopic (exact) mass is 225 g/mol. The van der Waals surface area contributed by atoms with E-state index < -0.39 is 0 Å². The van der Waals surface area contributed by atoms with Gasteiger partial charge in [0.05, 0.1) is 6.61 Å². The maximum atomic E-state index is 5.65. The summed E-state index contributed by atoms with van der Waals surface area (Å²) in [6.07, 6.45) is 3.62. The van der Waals surface area contributed by atoms with Gasteiger partial charge in [0.1, 0.15) is 0 Å². The Morgan fingerprint density at radius 1 is 1.47 bits per heavy atom. The Labute approximate surface area is 95.6 Å². The van der Waals surface area contributed by atoms with E-state index in [1.54, 1.807) is 0 Å². The van der Waals surface area contributed by atoms with E-state index in [0.29, 0.717) is 0 Å². The molecule has 0 radical (unpaired) electrons. The Kier molecular flexibility index (Phi) is 4.64. The molecule has 2 rings (SSSR count). The minimum absolute atomic E-state index is 0.853. The number of nitrogens with one attached hydrogen (secondary N) is 1. The first-order chi connectivity index (χ1) is 7.45. The molecule has 1 atom stereocenters. The molecule has 0 aromatic carbocycles. The molecule has 1 aliphatic rings. The van der Waals surface area contributed by atoms with Crippen molar-refractivity contribution in [2.24, 2.45) is 5.92 Å². The highest BCUT2D eigenvalue weighted by Gasteiger charge is 2.13. The van der Waals surface area contributed by atoms with E-state index in [2.05, 4.69) is 22.8 Å². The summed E-state index contributed by atoms with van der Waals surface area (Å²) < 4.78 is 5.65. The number of hydrogen-bond donors (Lipinski definition) is 1. The molecular weight excluding hydrogens is 206 g/mol. The fraction of sp³-hybridized carbons (Fsp3) is 0.667. The van der Waals surface area contributed by atoms with Gasteiger partial charge in [0, 0.05) is 17.9 Å². The highest BCUT2D eigenvalue weighted by molar-refractivity contribution is 7.09. The number of ether oxygens (including phenoxy) is 1. The van der Waals surface area contributed by atoms with Crippen molar-refractivity contribution in [3.63, 3.8) is 0 Å². The second-order valence-electron chi connectivity index (χ2n) is 4.09. The summed E-state index contributed by atoms with van der Waals surface area (Å²) in [6, 6.07) is 4.28. The molecule has 3 heteroatoms. The van der Waals surface area contributed by atoms with E-state index in [0.717, 1.165) is 25.6 Å². The molecule has 1 aromatic heterocycles. The highest BCUT2D eigenvalue weighted by Crippen LogP contribution is 2.12. The van der Waals surface area contributed by atoms with Crippen molar-refractivity contribution in [2.45, 2.75) is 19.3 Å². The van der Waals surface area contributed by atoms with Gasteiger partial charge in [0.2, 0.25) is 0 Å². The van der Waals surface area contributed by atoms with Crippen molar-refractivity contribution in [3.8, 4) is 0 Å². The quantitative estimate of drug-likeness (QED) is 0.750. The van der Waals surface area contributed by atoms with Crippen molar-refractivity contribution in [1.29, 1.82) is 0 Å². The highest BCUT2D eigenvalue weighted by atomic mass is 32.1. The van der Waals surface area contributed by atoms with Crippen LogP contribution >= 0.6 is 11.3 Å². The molecule has 0 aliphatic carbocycles. The van der Waals surface area contributed by atoms with Crippen LogP contribution in [0.15, 0.2) is 17.5 Å². The second-order valence-corrected chi connectivity index (χ2v) is 5.12. The second kappa shape index (κ2) is 6.26. The molecule has 2 heterocycles. The van der Waals surface area contributed by atoms with Crippen LogP contribution in [0.1, 0.15) is 17.7 Å². The van der Waals surface area contributed by atoms with Crippen molar-refractivity contribution in [1.82, 2.24) is 5.32 Å². The van der Waals surface area contributed by atoms with Crippen molar-refractivity contribution < 1.29 is 4.74 Å². The van der Waals surface area contributed by atoms with Gasteiger partial charge in [-0.2, -0.15) is 0 Å². The Hall–Kier alpha value is -0.380. The molecule has 1 aliphatic heterocycles. The smallest absolute Gasteiger partial charge is 0.0514 e. The summed E-state index contributed by atoms with van der Waals surface area (Å²) >= 11 is 1.82. The van der Waals surface area contributed by atoms with Crippen LogP contribution in [0.2, 0.25) is 0 Å². The molecule has 0 bridgehead atoms. The zero-order chi connectivity index (χ0) is 10.3. The number of rotatable bonds is 6. The average molecular weight is 225 g/mol. The maximum Gasteiger partial charge on any atom is 0.0514 e. The molecule has 1 N–H and O–H groups in total. The zero-order valence-corrected chi connectivity index (χ0v) is 9.89. The minimum atomic E-state index is 0.853. The standard InChI is InChI=1S/C12H19NOS/c1-2-12(15-9-1)5-8-14-7-4-11-3-6-13-10-11/h1-2,9,11,13H,3-8,10H2. The lowest BCUT2D eigenvalue weighted by atomic mass is 10.1. The van der Waals surface area contributed by atoms with Crippen LogP contribution in [-0.2, 0) is 11.2 Å².